The molecule has 1 aromatic carbocycles. The van der Waals surface area contributed by atoms with Gasteiger partial charge < -0.3 is 5.32 Å². The Morgan fingerprint density at radius 1 is 1.20 bits per heavy atom. The zero-order chi connectivity index (χ0) is 14.3. The molecule has 0 aliphatic heterocycles. The monoisotopic (exact) mass is 352 g/mol. The minimum atomic E-state index is 0.311. The molecule has 2 heterocycles. The summed E-state index contributed by atoms with van der Waals surface area (Å²) in [5, 5.41) is 3.21. The number of halogens is 2. The van der Waals surface area contributed by atoms with Gasteiger partial charge in [0, 0.05) is 11.5 Å². The van der Waals surface area contributed by atoms with E-state index in [-0.39, 0.29) is 0 Å². The smallest absolute Gasteiger partial charge is 0.241 e. The first-order valence-electron chi connectivity index (χ1n) is 5.83. The highest BCUT2D eigenvalue weighted by Gasteiger charge is 2.14. The first kappa shape index (κ1) is 13.3. The molecule has 0 radical (unpaired) electrons. The van der Waals surface area contributed by atoms with Crippen LogP contribution in [0, 0.1) is 6.92 Å². The molecule has 0 unspecified atom stereocenters. The second-order valence-corrected chi connectivity index (χ2v) is 5.36. The van der Waals surface area contributed by atoms with E-state index in [1.807, 2.05) is 18.2 Å². The summed E-state index contributed by atoms with van der Waals surface area (Å²) in [4.78, 5) is 17.1. The van der Waals surface area contributed by atoms with Crippen LogP contribution in [-0.4, -0.2) is 31.6 Å². The molecule has 0 spiro atoms. The summed E-state index contributed by atoms with van der Waals surface area (Å²) in [5.74, 6) is 1.53. The molecule has 3 rings (SSSR count). The highest BCUT2D eigenvalue weighted by atomic mass is 79.9. The highest BCUT2D eigenvalue weighted by molar-refractivity contribution is 9.10. The van der Waals surface area contributed by atoms with Crippen molar-refractivity contribution < 1.29 is 0 Å². The summed E-state index contributed by atoms with van der Waals surface area (Å²) in [5.41, 5.74) is 1.61. The van der Waals surface area contributed by atoms with E-state index in [4.69, 9.17) is 11.6 Å². The first-order chi connectivity index (χ1) is 9.58. The number of aromatic nitrogens is 5. The van der Waals surface area contributed by atoms with Crippen LogP contribution in [0.4, 0.5) is 5.95 Å². The fourth-order valence-electron chi connectivity index (χ4n) is 1.89. The van der Waals surface area contributed by atoms with Gasteiger partial charge >= 0.3 is 0 Å². The molecule has 102 valence electrons. The molecule has 8 heteroatoms. The van der Waals surface area contributed by atoms with E-state index in [9.17, 15) is 0 Å². The van der Waals surface area contributed by atoms with Gasteiger partial charge in [-0.05, 0) is 36.7 Å². The third-order valence-corrected chi connectivity index (χ3v) is 3.48. The van der Waals surface area contributed by atoms with Crippen molar-refractivity contribution in [1.29, 1.82) is 0 Å². The second kappa shape index (κ2) is 4.99. The Balaban J connectivity index is 2.31. The number of hydrogen-bond acceptors (Lipinski definition) is 5. The van der Waals surface area contributed by atoms with Gasteiger partial charge in [-0.1, -0.05) is 15.9 Å². The lowest BCUT2D eigenvalue weighted by Gasteiger charge is -2.06. The van der Waals surface area contributed by atoms with E-state index < -0.39 is 0 Å². The lowest BCUT2D eigenvalue weighted by atomic mass is 10.3. The summed E-state index contributed by atoms with van der Waals surface area (Å²) >= 11 is 9.66. The number of hydrogen-bond donors (Lipinski definition) is 1. The van der Waals surface area contributed by atoms with Gasteiger partial charge in [-0.15, -0.1) is 0 Å². The fraction of sp³-hybridized carbons (Fsp3) is 0.167. The van der Waals surface area contributed by atoms with Crippen LogP contribution >= 0.6 is 27.5 Å². The van der Waals surface area contributed by atoms with Crippen molar-refractivity contribution in [2.75, 3.05) is 12.4 Å². The van der Waals surface area contributed by atoms with Crippen LogP contribution in [0.2, 0.25) is 5.28 Å². The van der Waals surface area contributed by atoms with E-state index in [2.05, 4.69) is 41.2 Å². The van der Waals surface area contributed by atoms with Crippen molar-refractivity contribution in [2.24, 2.45) is 0 Å². The Morgan fingerprint density at radius 2 is 2.00 bits per heavy atom. The van der Waals surface area contributed by atoms with Gasteiger partial charge in [0.1, 0.15) is 5.82 Å². The molecule has 0 atom stereocenters. The Bertz CT molecular complexity index is 800. The van der Waals surface area contributed by atoms with Crippen molar-refractivity contribution >= 4 is 44.5 Å². The molecule has 0 saturated carbocycles. The van der Waals surface area contributed by atoms with Crippen LogP contribution in [0.15, 0.2) is 22.7 Å². The average Bonchev–Trinajstić information content (AvgIpc) is 2.73. The standard InChI is InChI=1S/C12H10BrClN6/c1-6-16-11(15-2)19-12(17-6)20-9-5-7(13)3-4-8(9)18-10(20)14/h3-5H,1-2H3,(H,15,16,17,19). The van der Waals surface area contributed by atoms with E-state index >= 15 is 0 Å². The molecular formula is C12H10BrClN6. The summed E-state index contributed by atoms with van der Waals surface area (Å²) in [7, 11) is 1.75. The van der Waals surface area contributed by atoms with Crippen LogP contribution in [0.5, 0.6) is 0 Å². The Labute approximate surface area is 128 Å². The van der Waals surface area contributed by atoms with Gasteiger partial charge in [-0.2, -0.15) is 15.0 Å². The van der Waals surface area contributed by atoms with Crippen molar-refractivity contribution in [2.45, 2.75) is 6.92 Å². The zero-order valence-electron chi connectivity index (χ0n) is 10.7. The maximum atomic E-state index is 6.22. The third kappa shape index (κ3) is 2.23. The second-order valence-electron chi connectivity index (χ2n) is 4.11. The first-order valence-corrected chi connectivity index (χ1v) is 7.00. The Morgan fingerprint density at radius 3 is 2.75 bits per heavy atom. The molecule has 0 aliphatic rings. The molecule has 20 heavy (non-hydrogen) atoms. The van der Waals surface area contributed by atoms with Crippen molar-refractivity contribution in [3.05, 3.63) is 33.8 Å². The largest absolute Gasteiger partial charge is 0.357 e. The molecular weight excluding hydrogens is 344 g/mol. The number of rotatable bonds is 2. The number of fused-ring (bicyclic) bond motifs is 1. The molecule has 3 aromatic rings. The van der Waals surface area contributed by atoms with Crippen LogP contribution in [0.3, 0.4) is 0 Å². The molecule has 2 aromatic heterocycles. The molecule has 0 fully saturated rings. The van der Waals surface area contributed by atoms with E-state index in [0.29, 0.717) is 23.0 Å². The van der Waals surface area contributed by atoms with E-state index in [0.717, 1.165) is 15.5 Å². The topological polar surface area (TPSA) is 68.5 Å². The number of nitrogens with one attached hydrogen (secondary N) is 1. The molecule has 1 N–H and O–H groups in total. The van der Waals surface area contributed by atoms with Crippen LogP contribution in [-0.2, 0) is 0 Å². The minimum Gasteiger partial charge on any atom is -0.357 e. The van der Waals surface area contributed by atoms with E-state index in [1.54, 1.807) is 18.5 Å². The summed E-state index contributed by atoms with van der Waals surface area (Å²) < 4.78 is 2.62. The predicted molar refractivity (Wildman–Crippen MR) is 81.4 cm³/mol. The van der Waals surface area contributed by atoms with Gasteiger partial charge in [0.15, 0.2) is 0 Å². The molecule has 0 aliphatic carbocycles. The lowest BCUT2D eigenvalue weighted by molar-refractivity contribution is 0.884. The maximum Gasteiger partial charge on any atom is 0.241 e. The van der Waals surface area contributed by atoms with Crippen molar-refractivity contribution in [3.63, 3.8) is 0 Å². The highest BCUT2D eigenvalue weighted by Crippen LogP contribution is 2.25. The maximum absolute atomic E-state index is 6.22. The van der Waals surface area contributed by atoms with Gasteiger partial charge in [0.05, 0.1) is 11.0 Å². The van der Waals surface area contributed by atoms with Gasteiger partial charge in [-0.3, -0.25) is 4.57 Å². The number of aryl methyl sites for hydroxylation is 1. The minimum absolute atomic E-state index is 0.311. The number of nitrogens with zero attached hydrogens (tertiary/aromatic N) is 5. The Hall–Kier alpha value is -1.73. The van der Waals surface area contributed by atoms with Crippen molar-refractivity contribution in [1.82, 2.24) is 24.5 Å². The van der Waals surface area contributed by atoms with Crippen molar-refractivity contribution in [3.8, 4) is 5.95 Å². The molecule has 0 amide bonds. The summed E-state index contributed by atoms with van der Waals surface area (Å²) in [6, 6.07) is 5.72. The molecule has 6 nitrogen and oxygen atoms in total. The molecule has 0 bridgehead atoms. The quantitative estimate of drug-likeness (QED) is 0.767. The summed E-state index contributed by atoms with van der Waals surface area (Å²) in [6.45, 7) is 1.80. The lowest BCUT2D eigenvalue weighted by Crippen LogP contribution is -2.08. The third-order valence-electron chi connectivity index (χ3n) is 2.73. The van der Waals surface area contributed by atoms with Crippen LogP contribution in [0.25, 0.3) is 17.0 Å². The van der Waals surface area contributed by atoms with Crippen LogP contribution < -0.4 is 5.32 Å². The zero-order valence-corrected chi connectivity index (χ0v) is 13.1. The number of imidazole rings is 1. The van der Waals surface area contributed by atoms with E-state index in [1.165, 1.54) is 0 Å². The SMILES string of the molecule is CNc1nc(C)nc(-n2c(Cl)nc3ccc(Br)cc32)n1. The average molecular weight is 354 g/mol. The number of benzene rings is 1. The van der Waals surface area contributed by atoms with Crippen LogP contribution in [0.1, 0.15) is 5.82 Å². The predicted octanol–water partition coefficient (Wildman–Crippen LogP) is 2.98. The summed E-state index contributed by atoms with van der Waals surface area (Å²) in [6.07, 6.45) is 0. The molecule has 0 saturated heterocycles. The normalized spacial score (nSPS) is 11.0. The van der Waals surface area contributed by atoms with Gasteiger partial charge in [-0.25, -0.2) is 4.98 Å². The number of anilines is 1. The van der Waals surface area contributed by atoms with Gasteiger partial charge in [0.2, 0.25) is 17.2 Å². The van der Waals surface area contributed by atoms with Gasteiger partial charge in [0.25, 0.3) is 0 Å². The Kier molecular flexibility index (Phi) is 3.31. The fourth-order valence-corrected chi connectivity index (χ4v) is 2.50.